The van der Waals surface area contributed by atoms with Gasteiger partial charge in [0.15, 0.2) is 5.78 Å². The van der Waals surface area contributed by atoms with E-state index in [9.17, 15) is 4.79 Å². The number of rotatable bonds is 4. The number of Topliss-reactive ketones (excluding diaryl/α,β-unsaturated/α-hetero) is 1. The highest BCUT2D eigenvalue weighted by molar-refractivity contribution is 6.31. The Labute approximate surface area is 116 Å². The Kier molecular flexibility index (Phi) is 4.40. The highest BCUT2D eigenvalue weighted by Gasteiger charge is 2.06. The van der Waals surface area contributed by atoms with Gasteiger partial charge in [-0.1, -0.05) is 47.5 Å². The van der Waals surface area contributed by atoms with Gasteiger partial charge in [-0.2, -0.15) is 0 Å². The van der Waals surface area contributed by atoms with Gasteiger partial charge in [0.2, 0.25) is 0 Å². The molecular formula is C15H12Cl2O. The fourth-order valence-corrected chi connectivity index (χ4v) is 2.16. The molecule has 0 atom stereocenters. The Bertz CT molecular complexity index is 564. The first-order valence-electron chi connectivity index (χ1n) is 5.68. The van der Waals surface area contributed by atoms with Gasteiger partial charge in [0, 0.05) is 22.0 Å². The number of hydrogen-bond acceptors (Lipinski definition) is 1. The third kappa shape index (κ3) is 3.59. The summed E-state index contributed by atoms with van der Waals surface area (Å²) < 4.78 is 0. The monoisotopic (exact) mass is 278 g/mol. The maximum atomic E-state index is 12.0. The molecule has 1 nitrogen and oxygen atoms in total. The number of halogens is 2. The van der Waals surface area contributed by atoms with Gasteiger partial charge < -0.3 is 0 Å². The Morgan fingerprint density at radius 1 is 0.944 bits per heavy atom. The second kappa shape index (κ2) is 6.03. The van der Waals surface area contributed by atoms with Crippen molar-refractivity contribution in [1.29, 1.82) is 0 Å². The molecule has 0 heterocycles. The number of aryl methyl sites for hydroxylation is 1. The van der Waals surface area contributed by atoms with Crippen LogP contribution in [0.2, 0.25) is 10.0 Å². The van der Waals surface area contributed by atoms with Crippen molar-refractivity contribution in [3.63, 3.8) is 0 Å². The van der Waals surface area contributed by atoms with Crippen LogP contribution in [0.25, 0.3) is 0 Å². The van der Waals surface area contributed by atoms with Crippen LogP contribution in [-0.2, 0) is 6.42 Å². The topological polar surface area (TPSA) is 17.1 Å². The molecule has 92 valence electrons. The van der Waals surface area contributed by atoms with Gasteiger partial charge in [0.05, 0.1) is 0 Å². The molecule has 0 radical (unpaired) electrons. The Hall–Kier alpha value is -1.31. The van der Waals surface area contributed by atoms with Crippen LogP contribution in [-0.4, -0.2) is 5.78 Å². The largest absolute Gasteiger partial charge is 0.294 e. The molecule has 0 fully saturated rings. The van der Waals surface area contributed by atoms with Gasteiger partial charge >= 0.3 is 0 Å². The molecule has 2 aromatic carbocycles. The van der Waals surface area contributed by atoms with Crippen LogP contribution < -0.4 is 0 Å². The molecular weight excluding hydrogens is 267 g/mol. The van der Waals surface area contributed by atoms with Crippen molar-refractivity contribution in [3.8, 4) is 0 Å². The quantitative estimate of drug-likeness (QED) is 0.734. The molecule has 0 bridgehead atoms. The lowest BCUT2D eigenvalue weighted by atomic mass is 10.0. The molecule has 0 aromatic heterocycles. The minimum Gasteiger partial charge on any atom is -0.294 e. The van der Waals surface area contributed by atoms with Gasteiger partial charge in [-0.3, -0.25) is 4.79 Å². The lowest BCUT2D eigenvalue weighted by Gasteiger charge is -2.03. The van der Waals surface area contributed by atoms with E-state index in [0.717, 1.165) is 5.56 Å². The fraction of sp³-hybridized carbons (Fsp3) is 0.133. The van der Waals surface area contributed by atoms with Gasteiger partial charge in [-0.05, 0) is 36.2 Å². The second-order valence-electron chi connectivity index (χ2n) is 4.06. The molecule has 0 amide bonds. The molecule has 2 aromatic rings. The molecule has 0 unspecified atom stereocenters. The van der Waals surface area contributed by atoms with E-state index in [-0.39, 0.29) is 5.78 Å². The third-order valence-corrected chi connectivity index (χ3v) is 3.15. The van der Waals surface area contributed by atoms with Crippen molar-refractivity contribution >= 4 is 29.0 Å². The highest BCUT2D eigenvalue weighted by atomic mass is 35.5. The Morgan fingerprint density at radius 3 is 2.28 bits per heavy atom. The van der Waals surface area contributed by atoms with Gasteiger partial charge in [0.1, 0.15) is 0 Å². The first kappa shape index (κ1) is 13.1. The van der Waals surface area contributed by atoms with Crippen LogP contribution in [0.5, 0.6) is 0 Å². The predicted octanol–water partition coefficient (Wildman–Crippen LogP) is 4.81. The van der Waals surface area contributed by atoms with Crippen molar-refractivity contribution in [2.45, 2.75) is 12.8 Å². The lowest BCUT2D eigenvalue weighted by Crippen LogP contribution is -2.01. The summed E-state index contributed by atoms with van der Waals surface area (Å²) in [4.78, 5) is 12.0. The summed E-state index contributed by atoms with van der Waals surface area (Å²) in [6, 6.07) is 14.6. The zero-order valence-electron chi connectivity index (χ0n) is 9.70. The van der Waals surface area contributed by atoms with E-state index in [1.807, 2.05) is 24.3 Å². The number of carbonyl (C=O) groups excluding carboxylic acids is 1. The molecule has 18 heavy (non-hydrogen) atoms. The molecule has 0 aliphatic carbocycles. The molecule has 0 saturated carbocycles. The summed E-state index contributed by atoms with van der Waals surface area (Å²) in [7, 11) is 0. The Morgan fingerprint density at radius 2 is 1.61 bits per heavy atom. The van der Waals surface area contributed by atoms with Crippen LogP contribution >= 0.6 is 23.2 Å². The van der Waals surface area contributed by atoms with E-state index in [0.29, 0.717) is 28.5 Å². The predicted molar refractivity (Wildman–Crippen MR) is 75.6 cm³/mol. The third-order valence-electron chi connectivity index (χ3n) is 2.68. The van der Waals surface area contributed by atoms with Crippen LogP contribution in [0, 0.1) is 0 Å². The SMILES string of the molecule is O=C(CCc1cccc(Cl)c1)c1cccc(Cl)c1. The molecule has 2 rings (SSSR count). The molecule has 0 aliphatic heterocycles. The smallest absolute Gasteiger partial charge is 0.163 e. The lowest BCUT2D eigenvalue weighted by molar-refractivity contribution is 0.0983. The normalized spacial score (nSPS) is 10.3. The van der Waals surface area contributed by atoms with E-state index < -0.39 is 0 Å². The number of benzene rings is 2. The number of carbonyl (C=O) groups is 1. The van der Waals surface area contributed by atoms with Crippen molar-refractivity contribution in [3.05, 3.63) is 69.7 Å². The second-order valence-corrected chi connectivity index (χ2v) is 4.94. The van der Waals surface area contributed by atoms with Crippen LogP contribution in [0.3, 0.4) is 0 Å². The minimum atomic E-state index is 0.0949. The average molecular weight is 279 g/mol. The molecule has 3 heteroatoms. The van der Waals surface area contributed by atoms with Gasteiger partial charge in [-0.15, -0.1) is 0 Å². The zero-order chi connectivity index (χ0) is 13.0. The summed E-state index contributed by atoms with van der Waals surface area (Å²) >= 11 is 11.8. The summed E-state index contributed by atoms with van der Waals surface area (Å²) in [5, 5.41) is 1.28. The molecule has 0 N–H and O–H groups in total. The van der Waals surface area contributed by atoms with E-state index in [2.05, 4.69) is 0 Å². The summed E-state index contributed by atoms with van der Waals surface area (Å²) in [5.74, 6) is 0.0949. The van der Waals surface area contributed by atoms with E-state index in [4.69, 9.17) is 23.2 Å². The van der Waals surface area contributed by atoms with Crippen LogP contribution in [0.1, 0.15) is 22.3 Å². The van der Waals surface area contributed by atoms with Gasteiger partial charge in [-0.25, -0.2) is 0 Å². The summed E-state index contributed by atoms with van der Waals surface area (Å²) in [6.07, 6.45) is 1.15. The average Bonchev–Trinajstić information content (AvgIpc) is 2.36. The minimum absolute atomic E-state index is 0.0949. The fourth-order valence-electron chi connectivity index (χ4n) is 1.76. The van der Waals surface area contributed by atoms with Crippen molar-refractivity contribution in [1.82, 2.24) is 0 Å². The summed E-state index contributed by atoms with van der Waals surface area (Å²) in [6.45, 7) is 0. The van der Waals surface area contributed by atoms with Crippen molar-refractivity contribution in [2.75, 3.05) is 0 Å². The Balaban J connectivity index is 2.00. The molecule has 0 saturated heterocycles. The van der Waals surface area contributed by atoms with E-state index >= 15 is 0 Å². The number of ketones is 1. The zero-order valence-corrected chi connectivity index (χ0v) is 11.2. The van der Waals surface area contributed by atoms with Gasteiger partial charge in [0.25, 0.3) is 0 Å². The molecule has 0 spiro atoms. The molecule has 0 aliphatic rings. The first-order valence-corrected chi connectivity index (χ1v) is 6.44. The van der Waals surface area contributed by atoms with E-state index in [1.165, 1.54) is 0 Å². The summed E-state index contributed by atoms with van der Waals surface area (Å²) in [5.41, 5.74) is 1.72. The van der Waals surface area contributed by atoms with Crippen molar-refractivity contribution in [2.24, 2.45) is 0 Å². The van der Waals surface area contributed by atoms with Crippen LogP contribution in [0.4, 0.5) is 0 Å². The highest BCUT2D eigenvalue weighted by Crippen LogP contribution is 2.15. The maximum Gasteiger partial charge on any atom is 0.163 e. The first-order chi connectivity index (χ1) is 8.65. The number of hydrogen-bond donors (Lipinski definition) is 0. The maximum absolute atomic E-state index is 12.0. The van der Waals surface area contributed by atoms with E-state index in [1.54, 1.807) is 24.3 Å². The standard InChI is InChI=1S/C15H12Cl2O/c16-13-5-1-3-11(9-13)7-8-15(18)12-4-2-6-14(17)10-12/h1-6,9-10H,7-8H2. The van der Waals surface area contributed by atoms with Crippen molar-refractivity contribution < 1.29 is 4.79 Å². The van der Waals surface area contributed by atoms with Crippen LogP contribution in [0.15, 0.2) is 48.5 Å².